The van der Waals surface area contributed by atoms with Crippen LogP contribution < -0.4 is 10.1 Å². The van der Waals surface area contributed by atoms with Gasteiger partial charge in [0.2, 0.25) is 0 Å². The maximum atomic E-state index is 12.9. The first kappa shape index (κ1) is 22.9. The normalized spacial score (nSPS) is 19.6. The van der Waals surface area contributed by atoms with E-state index in [1.165, 1.54) is 0 Å². The third kappa shape index (κ3) is 5.58. The number of nitrogens with zero attached hydrogens (tertiary/aromatic N) is 3. The minimum absolute atomic E-state index is 0. The predicted octanol–water partition coefficient (Wildman–Crippen LogP) is 2.69. The monoisotopic (exact) mass is 444 g/mol. The molecule has 0 aliphatic carbocycles. The summed E-state index contributed by atoms with van der Waals surface area (Å²) in [5, 5.41) is 5.35. The molecule has 3 heterocycles. The maximum Gasteiger partial charge on any atom is 0.254 e. The van der Waals surface area contributed by atoms with Gasteiger partial charge in [0.05, 0.1) is 11.2 Å². The van der Waals surface area contributed by atoms with Crippen LogP contribution >= 0.6 is 36.2 Å². The molecule has 154 valence electrons. The van der Waals surface area contributed by atoms with Gasteiger partial charge in [0.1, 0.15) is 12.4 Å². The van der Waals surface area contributed by atoms with Gasteiger partial charge in [0, 0.05) is 56.3 Å². The van der Waals surface area contributed by atoms with Gasteiger partial charge in [-0.15, -0.1) is 36.2 Å². The van der Waals surface area contributed by atoms with Crippen LogP contribution in [0.4, 0.5) is 0 Å². The molecule has 9 heteroatoms. The Morgan fingerprint density at radius 3 is 2.82 bits per heavy atom. The molecule has 2 fully saturated rings. The Morgan fingerprint density at radius 1 is 1.25 bits per heavy atom. The Balaban J connectivity index is 0.00000140. The van der Waals surface area contributed by atoms with Crippen LogP contribution in [-0.2, 0) is 6.61 Å². The summed E-state index contributed by atoms with van der Waals surface area (Å²) in [5.41, 5.74) is 3.40. The molecule has 1 unspecified atom stereocenters. The molecule has 0 saturated carbocycles. The standard InChI is InChI=1S/C19H24N4O2S.2ClH/c24-19(23-7-4-17(11-23)22-8-5-20-6-9-22)15-2-1-3-18(10-15)25-12-16-13-26-14-21-16;;/h1-3,10,13-14,17,20H,4-9,11-12H2;2*1H. The first-order valence-electron chi connectivity index (χ1n) is 9.13. The summed E-state index contributed by atoms with van der Waals surface area (Å²) in [7, 11) is 0. The van der Waals surface area contributed by atoms with Crippen molar-refractivity contribution in [1.82, 2.24) is 20.1 Å². The fourth-order valence-electron chi connectivity index (χ4n) is 3.64. The van der Waals surface area contributed by atoms with Crippen molar-refractivity contribution >= 4 is 42.1 Å². The van der Waals surface area contributed by atoms with E-state index >= 15 is 0 Å². The molecule has 0 radical (unpaired) electrons. The second-order valence-electron chi connectivity index (χ2n) is 6.78. The molecule has 2 aliphatic rings. The molecule has 0 bridgehead atoms. The van der Waals surface area contributed by atoms with Crippen LogP contribution in [-0.4, -0.2) is 66.0 Å². The molecule has 2 aromatic rings. The van der Waals surface area contributed by atoms with E-state index in [1.807, 2.05) is 34.5 Å². The highest BCUT2D eigenvalue weighted by molar-refractivity contribution is 7.07. The molecule has 0 spiro atoms. The highest BCUT2D eigenvalue weighted by Crippen LogP contribution is 2.21. The number of aromatic nitrogens is 1. The Labute approximate surface area is 182 Å². The number of ether oxygens (including phenoxy) is 1. The molecule has 1 aromatic carbocycles. The van der Waals surface area contributed by atoms with Crippen LogP contribution in [0.3, 0.4) is 0 Å². The lowest BCUT2D eigenvalue weighted by Gasteiger charge is -2.32. The summed E-state index contributed by atoms with van der Waals surface area (Å²) >= 11 is 1.55. The van der Waals surface area contributed by atoms with Gasteiger partial charge in [0.25, 0.3) is 5.91 Å². The first-order chi connectivity index (χ1) is 12.8. The minimum atomic E-state index is 0. The number of hydrogen-bond donors (Lipinski definition) is 1. The summed E-state index contributed by atoms with van der Waals surface area (Å²) < 4.78 is 5.78. The zero-order chi connectivity index (χ0) is 17.8. The van der Waals surface area contributed by atoms with Crippen molar-refractivity contribution in [3.05, 3.63) is 46.4 Å². The molecular weight excluding hydrogens is 419 g/mol. The Hall–Kier alpha value is -1.38. The van der Waals surface area contributed by atoms with E-state index in [0.29, 0.717) is 24.0 Å². The Morgan fingerprint density at radius 2 is 2.07 bits per heavy atom. The molecule has 28 heavy (non-hydrogen) atoms. The number of thiazole rings is 1. The van der Waals surface area contributed by atoms with E-state index in [1.54, 1.807) is 16.8 Å². The van der Waals surface area contributed by atoms with Crippen LogP contribution in [0.25, 0.3) is 0 Å². The quantitative estimate of drug-likeness (QED) is 0.767. The van der Waals surface area contributed by atoms with E-state index < -0.39 is 0 Å². The maximum absolute atomic E-state index is 12.9. The van der Waals surface area contributed by atoms with Gasteiger partial charge in [-0.05, 0) is 24.6 Å². The SMILES string of the molecule is Cl.Cl.O=C(c1cccc(OCc2cscn2)c1)N1CCC(N2CCNCC2)C1. The number of carbonyl (C=O) groups is 1. The molecule has 6 nitrogen and oxygen atoms in total. The van der Waals surface area contributed by atoms with Crippen LogP contribution in [0.2, 0.25) is 0 Å². The summed E-state index contributed by atoms with van der Waals surface area (Å²) in [6.45, 7) is 6.32. The largest absolute Gasteiger partial charge is 0.487 e. The topological polar surface area (TPSA) is 57.7 Å². The van der Waals surface area contributed by atoms with Gasteiger partial charge in [-0.2, -0.15) is 0 Å². The first-order valence-corrected chi connectivity index (χ1v) is 10.1. The number of amides is 1. The minimum Gasteiger partial charge on any atom is -0.487 e. The van der Waals surface area contributed by atoms with Crippen molar-refractivity contribution in [2.75, 3.05) is 39.3 Å². The van der Waals surface area contributed by atoms with Gasteiger partial charge in [-0.3, -0.25) is 9.69 Å². The van der Waals surface area contributed by atoms with Gasteiger partial charge >= 0.3 is 0 Å². The number of hydrogen-bond acceptors (Lipinski definition) is 6. The van der Waals surface area contributed by atoms with Gasteiger partial charge in [-0.1, -0.05) is 6.07 Å². The number of rotatable bonds is 5. The van der Waals surface area contributed by atoms with Crippen LogP contribution in [0, 0.1) is 0 Å². The molecule has 4 rings (SSSR count). The van der Waals surface area contributed by atoms with Crippen molar-refractivity contribution in [3.8, 4) is 5.75 Å². The fourth-order valence-corrected chi connectivity index (χ4v) is 4.18. The van der Waals surface area contributed by atoms with Gasteiger partial charge in [0.15, 0.2) is 0 Å². The van der Waals surface area contributed by atoms with E-state index in [-0.39, 0.29) is 30.7 Å². The van der Waals surface area contributed by atoms with Crippen molar-refractivity contribution in [2.45, 2.75) is 19.1 Å². The zero-order valence-electron chi connectivity index (χ0n) is 15.6. The number of carbonyl (C=O) groups excluding carboxylic acids is 1. The number of piperazine rings is 1. The molecule has 1 amide bonds. The average Bonchev–Trinajstić information content (AvgIpc) is 3.39. The smallest absolute Gasteiger partial charge is 0.254 e. The summed E-state index contributed by atoms with van der Waals surface area (Å²) in [5.74, 6) is 0.809. The number of nitrogens with one attached hydrogen (secondary N) is 1. The molecule has 1 N–H and O–H groups in total. The highest BCUT2D eigenvalue weighted by Gasteiger charge is 2.31. The molecule has 2 saturated heterocycles. The lowest BCUT2D eigenvalue weighted by atomic mass is 10.2. The van der Waals surface area contributed by atoms with E-state index in [9.17, 15) is 4.79 Å². The van der Waals surface area contributed by atoms with Crippen LogP contribution in [0.1, 0.15) is 22.5 Å². The molecule has 1 atom stereocenters. The highest BCUT2D eigenvalue weighted by atomic mass is 35.5. The van der Waals surface area contributed by atoms with E-state index in [4.69, 9.17) is 4.74 Å². The van der Waals surface area contributed by atoms with Crippen LogP contribution in [0.5, 0.6) is 5.75 Å². The molecular formula is C19H26Cl2N4O2S. The molecule has 2 aliphatic heterocycles. The Bertz CT molecular complexity index is 741. The summed E-state index contributed by atoms with van der Waals surface area (Å²) in [6.07, 6.45) is 1.06. The fraction of sp³-hybridized carbons (Fsp3) is 0.474. The third-order valence-electron chi connectivity index (χ3n) is 5.07. The zero-order valence-corrected chi connectivity index (χ0v) is 18.0. The van der Waals surface area contributed by atoms with E-state index in [2.05, 4.69) is 15.2 Å². The van der Waals surface area contributed by atoms with E-state index in [0.717, 1.165) is 51.4 Å². The Kier molecular flexibility index (Phi) is 8.98. The van der Waals surface area contributed by atoms with Gasteiger partial charge < -0.3 is 15.0 Å². The van der Waals surface area contributed by atoms with Crippen molar-refractivity contribution < 1.29 is 9.53 Å². The van der Waals surface area contributed by atoms with Crippen LogP contribution in [0.15, 0.2) is 35.2 Å². The number of benzene rings is 1. The second-order valence-corrected chi connectivity index (χ2v) is 7.49. The number of likely N-dealkylation sites (tertiary alicyclic amines) is 1. The second kappa shape index (κ2) is 11.0. The van der Waals surface area contributed by atoms with Gasteiger partial charge in [-0.25, -0.2) is 4.98 Å². The average molecular weight is 445 g/mol. The summed E-state index contributed by atoms with van der Waals surface area (Å²) in [6, 6.07) is 7.97. The lowest BCUT2D eigenvalue weighted by Crippen LogP contribution is -2.49. The lowest BCUT2D eigenvalue weighted by molar-refractivity contribution is 0.0773. The van der Waals surface area contributed by atoms with Crippen molar-refractivity contribution in [1.29, 1.82) is 0 Å². The predicted molar refractivity (Wildman–Crippen MR) is 116 cm³/mol. The van der Waals surface area contributed by atoms with Crippen molar-refractivity contribution in [3.63, 3.8) is 0 Å². The number of halogens is 2. The molecule has 1 aromatic heterocycles. The third-order valence-corrected chi connectivity index (χ3v) is 5.71. The summed E-state index contributed by atoms with van der Waals surface area (Å²) in [4.78, 5) is 21.6. The van der Waals surface area contributed by atoms with Crippen molar-refractivity contribution in [2.24, 2.45) is 0 Å².